The van der Waals surface area contributed by atoms with E-state index in [0.29, 0.717) is 0 Å². The van der Waals surface area contributed by atoms with Gasteiger partial charge in [-0.15, -0.1) is 0 Å². The van der Waals surface area contributed by atoms with Gasteiger partial charge in [0.05, 0.1) is 0 Å². The van der Waals surface area contributed by atoms with Crippen molar-refractivity contribution in [3.63, 3.8) is 0 Å². The maximum absolute atomic E-state index is 3.39. The predicted octanol–water partition coefficient (Wildman–Crippen LogP) is 2.72. The molecule has 1 aliphatic rings. The van der Waals surface area contributed by atoms with E-state index >= 15 is 0 Å². The summed E-state index contributed by atoms with van der Waals surface area (Å²) in [5.74, 6) is 0. The second-order valence-electron chi connectivity index (χ2n) is 3.30. The summed E-state index contributed by atoms with van der Waals surface area (Å²) >= 11 is 0. The topological polar surface area (TPSA) is 0 Å². The molecule has 1 radical (unpaired) electrons. The Bertz CT molecular complexity index is 164. The molecule has 1 aliphatic carbocycles. The van der Waals surface area contributed by atoms with Crippen LogP contribution in [0.3, 0.4) is 0 Å². The van der Waals surface area contributed by atoms with E-state index in [1.165, 1.54) is 5.57 Å². The standard InChI is InChI=1S/C9H13.Ru/c1-8-5-4-6-9(2,3)7-8;/h4-5H,6H2,1-3H3;/q-1;+1. The first-order valence-electron chi connectivity index (χ1n) is 3.38. The van der Waals surface area contributed by atoms with Gasteiger partial charge in [-0.2, -0.15) is 6.08 Å². The minimum atomic E-state index is 0. The molecule has 57 valence electrons. The molecule has 0 aliphatic heterocycles. The Kier molecular flexibility index (Phi) is 3.52. The van der Waals surface area contributed by atoms with Crippen LogP contribution in [0.25, 0.3) is 0 Å². The van der Waals surface area contributed by atoms with Crippen LogP contribution in [0.2, 0.25) is 0 Å². The quantitative estimate of drug-likeness (QED) is 0.436. The molecule has 1 rings (SSSR count). The Morgan fingerprint density at radius 3 is 2.40 bits per heavy atom. The molecule has 0 saturated carbocycles. The van der Waals surface area contributed by atoms with E-state index < -0.39 is 0 Å². The summed E-state index contributed by atoms with van der Waals surface area (Å²) in [4.78, 5) is 0. The number of rotatable bonds is 0. The second kappa shape index (κ2) is 3.48. The monoisotopic (exact) mass is 223 g/mol. The van der Waals surface area contributed by atoms with Gasteiger partial charge in [0.1, 0.15) is 0 Å². The summed E-state index contributed by atoms with van der Waals surface area (Å²) in [5.41, 5.74) is 1.55. The first-order valence-corrected chi connectivity index (χ1v) is 3.38. The number of allylic oxidation sites excluding steroid dienone is 4. The number of hydrogen-bond acceptors (Lipinski definition) is 0. The predicted molar refractivity (Wildman–Crippen MR) is 40.0 cm³/mol. The van der Waals surface area contributed by atoms with E-state index in [-0.39, 0.29) is 24.9 Å². The molecule has 0 spiro atoms. The summed E-state index contributed by atoms with van der Waals surface area (Å²) in [7, 11) is 0. The van der Waals surface area contributed by atoms with Crippen molar-refractivity contribution >= 4 is 0 Å². The summed E-state index contributed by atoms with van der Waals surface area (Å²) in [5, 5.41) is 0. The zero-order valence-corrected chi connectivity index (χ0v) is 8.45. The van der Waals surface area contributed by atoms with Gasteiger partial charge in [-0.3, -0.25) is 6.08 Å². The van der Waals surface area contributed by atoms with Gasteiger partial charge in [0.15, 0.2) is 0 Å². The molecular weight excluding hydrogens is 209 g/mol. The van der Waals surface area contributed by atoms with Gasteiger partial charge in [0.2, 0.25) is 0 Å². The first-order chi connectivity index (χ1) is 4.10. The minimum absolute atomic E-state index is 0. The van der Waals surface area contributed by atoms with Crippen LogP contribution < -0.4 is 0 Å². The van der Waals surface area contributed by atoms with E-state index in [1.807, 2.05) is 0 Å². The summed E-state index contributed by atoms with van der Waals surface area (Å²) < 4.78 is 0. The normalized spacial score (nSPS) is 21.3. The van der Waals surface area contributed by atoms with Crippen molar-refractivity contribution in [3.05, 3.63) is 23.8 Å². The second-order valence-corrected chi connectivity index (χ2v) is 3.30. The van der Waals surface area contributed by atoms with Crippen LogP contribution in [0.4, 0.5) is 0 Å². The van der Waals surface area contributed by atoms with Crippen molar-refractivity contribution in [2.24, 2.45) is 5.41 Å². The first kappa shape index (κ1) is 10.1. The summed E-state index contributed by atoms with van der Waals surface area (Å²) in [6.07, 6.45) is 8.86. The molecule has 0 saturated heterocycles. The molecule has 1 heteroatoms. The molecule has 0 unspecified atom stereocenters. The van der Waals surface area contributed by atoms with Crippen LogP contribution in [0.15, 0.2) is 17.7 Å². The fourth-order valence-corrected chi connectivity index (χ4v) is 1.16. The van der Waals surface area contributed by atoms with E-state index in [4.69, 9.17) is 0 Å². The largest absolute Gasteiger partial charge is 1.00 e. The van der Waals surface area contributed by atoms with Crippen LogP contribution in [0.1, 0.15) is 27.2 Å². The van der Waals surface area contributed by atoms with Gasteiger partial charge < -0.3 is 0 Å². The molecule has 0 bridgehead atoms. The van der Waals surface area contributed by atoms with E-state index in [1.54, 1.807) is 0 Å². The summed E-state index contributed by atoms with van der Waals surface area (Å²) in [6, 6.07) is 0. The van der Waals surface area contributed by atoms with E-state index in [9.17, 15) is 0 Å². The van der Waals surface area contributed by atoms with Crippen LogP contribution in [-0.4, -0.2) is 0 Å². The maximum atomic E-state index is 3.39. The Morgan fingerprint density at radius 1 is 1.50 bits per heavy atom. The van der Waals surface area contributed by atoms with E-state index in [0.717, 1.165) is 6.42 Å². The van der Waals surface area contributed by atoms with Crippen LogP contribution in [0, 0.1) is 11.5 Å². The molecule has 0 aromatic heterocycles. The average molecular weight is 222 g/mol. The molecule has 0 fully saturated rings. The van der Waals surface area contributed by atoms with Gasteiger partial charge in [-0.05, 0) is 0 Å². The van der Waals surface area contributed by atoms with Crippen molar-refractivity contribution in [1.29, 1.82) is 0 Å². The molecule has 0 aromatic rings. The Morgan fingerprint density at radius 2 is 2.10 bits per heavy atom. The fraction of sp³-hybridized carbons (Fsp3) is 0.556. The van der Waals surface area contributed by atoms with Crippen molar-refractivity contribution in [2.75, 3.05) is 0 Å². The molecule has 0 N–H and O–H groups in total. The van der Waals surface area contributed by atoms with Crippen LogP contribution in [-0.2, 0) is 19.5 Å². The average Bonchev–Trinajstić information content (AvgIpc) is 1.60. The SMILES string of the molecule is CC1=[C-]C(C)(C)CC=C1.[Ru+]. The van der Waals surface area contributed by atoms with Gasteiger partial charge in [0.25, 0.3) is 0 Å². The van der Waals surface area contributed by atoms with Gasteiger partial charge in [0, 0.05) is 0 Å². The Hall–Kier alpha value is 0.103. The minimum Gasteiger partial charge on any atom is -0.266 e. The third-order valence-electron chi connectivity index (χ3n) is 1.53. The maximum Gasteiger partial charge on any atom is 1.00 e. The molecule has 0 amide bonds. The van der Waals surface area contributed by atoms with Gasteiger partial charge in [-0.1, -0.05) is 32.6 Å². The van der Waals surface area contributed by atoms with Crippen molar-refractivity contribution in [1.82, 2.24) is 0 Å². The van der Waals surface area contributed by atoms with Crippen LogP contribution in [0.5, 0.6) is 0 Å². The molecule has 0 nitrogen and oxygen atoms in total. The van der Waals surface area contributed by atoms with Gasteiger partial charge >= 0.3 is 19.5 Å². The van der Waals surface area contributed by atoms with Crippen molar-refractivity contribution < 1.29 is 19.5 Å². The van der Waals surface area contributed by atoms with Crippen LogP contribution >= 0.6 is 0 Å². The molecule has 0 heterocycles. The molecule has 0 atom stereocenters. The fourth-order valence-electron chi connectivity index (χ4n) is 1.16. The summed E-state index contributed by atoms with van der Waals surface area (Å²) in [6.45, 7) is 6.51. The Labute approximate surface area is 76.2 Å². The van der Waals surface area contributed by atoms with Crippen molar-refractivity contribution in [3.8, 4) is 0 Å². The Balaban J connectivity index is 0.000000810. The zero-order chi connectivity index (χ0) is 6.91. The van der Waals surface area contributed by atoms with Gasteiger partial charge in [-0.25, -0.2) is 11.6 Å². The van der Waals surface area contributed by atoms with Crippen molar-refractivity contribution in [2.45, 2.75) is 27.2 Å². The third-order valence-corrected chi connectivity index (χ3v) is 1.53. The molecule has 0 aromatic carbocycles. The number of hydrogen-bond donors (Lipinski definition) is 0. The third kappa shape index (κ3) is 2.79. The molecule has 10 heavy (non-hydrogen) atoms. The van der Waals surface area contributed by atoms with E-state index in [2.05, 4.69) is 39.0 Å². The molecular formula is C9H13Ru. The zero-order valence-electron chi connectivity index (χ0n) is 6.72. The smallest absolute Gasteiger partial charge is 0.266 e.